The molecule has 0 bridgehead atoms. The van der Waals surface area contributed by atoms with Crippen LogP contribution >= 0.6 is 0 Å². The molecule has 2 N–H and O–H groups in total. The van der Waals surface area contributed by atoms with Crippen molar-refractivity contribution in [1.82, 2.24) is 4.98 Å². The number of nitrogens with zero attached hydrogens (tertiary/aromatic N) is 1. The summed E-state index contributed by atoms with van der Waals surface area (Å²) >= 11 is 0. The Bertz CT molecular complexity index is 853. The van der Waals surface area contributed by atoms with E-state index in [-0.39, 0.29) is 47.7 Å². The number of hydrogen-bond donors (Lipinski definition) is 2. The van der Waals surface area contributed by atoms with Crippen molar-refractivity contribution in [1.29, 1.82) is 0 Å². The number of aliphatic hydroxyl groups excluding tert-OH is 2. The number of carboxylic acids is 1. The second-order valence-electron chi connectivity index (χ2n) is 7.16. The molecule has 0 fully saturated rings. The summed E-state index contributed by atoms with van der Waals surface area (Å²) in [6.45, 7) is 5.90. The molecule has 1 aromatic carbocycles. The molecule has 0 spiro atoms. The predicted molar refractivity (Wildman–Crippen MR) is 104 cm³/mol. The molecular weight excluding hydrogens is 384 g/mol. The minimum atomic E-state index is -1.37. The number of aromatic nitrogens is 1. The minimum Gasteiger partial charge on any atom is -0.550 e. The van der Waals surface area contributed by atoms with Gasteiger partial charge in [-0.2, -0.15) is 0 Å². The first-order valence-corrected chi connectivity index (χ1v) is 9.19. The van der Waals surface area contributed by atoms with E-state index in [0.717, 1.165) is 28.1 Å². The fraction of sp³-hybridized carbons (Fsp3) is 0.364. The zero-order chi connectivity index (χ0) is 20.8. The molecule has 2 rings (SSSR count). The molecule has 1 heterocycles. The van der Waals surface area contributed by atoms with E-state index in [1.807, 2.05) is 26.8 Å². The maximum atomic E-state index is 13.3. The van der Waals surface area contributed by atoms with Crippen LogP contribution < -0.4 is 34.7 Å². The van der Waals surface area contributed by atoms with Crippen molar-refractivity contribution in [3.8, 4) is 11.1 Å². The number of aliphatic hydroxyl groups is 2. The molecule has 0 aliphatic heterocycles. The van der Waals surface area contributed by atoms with E-state index in [2.05, 4.69) is 4.98 Å². The van der Waals surface area contributed by atoms with Gasteiger partial charge >= 0.3 is 29.6 Å². The minimum absolute atomic E-state index is 0. The number of aryl methyl sites for hydroxylation is 1. The SMILES string of the molecule is Cc1cc(-c2ccc(F)cc2)c(/C=C/[C@@H](O)C[C@@H](O)CC(=O)[O-])c(C(C)C)n1.[Na+]. The van der Waals surface area contributed by atoms with Crippen LogP contribution in [0, 0.1) is 12.7 Å². The van der Waals surface area contributed by atoms with Crippen LogP contribution in [0.15, 0.2) is 36.4 Å². The van der Waals surface area contributed by atoms with Crippen molar-refractivity contribution in [2.24, 2.45) is 0 Å². The van der Waals surface area contributed by atoms with E-state index >= 15 is 0 Å². The molecule has 0 unspecified atom stereocenters. The van der Waals surface area contributed by atoms with E-state index in [4.69, 9.17) is 0 Å². The third-order valence-corrected chi connectivity index (χ3v) is 4.32. The number of rotatable bonds is 8. The van der Waals surface area contributed by atoms with Gasteiger partial charge in [0.15, 0.2) is 0 Å². The van der Waals surface area contributed by atoms with Crippen LogP contribution in [0.2, 0.25) is 0 Å². The van der Waals surface area contributed by atoms with Crippen molar-refractivity contribution in [2.75, 3.05) is 0 Å². The van der Waals surface area contributed by atoms with Crippen LogP contribution in [0.5, 0.6) is 0 Å². The number of pyridine rings is 1. The largest absolute Gasteiger partial charge is 1.00 e. The van der Waals surface area contributed by atoms with Crippen molar-refractivity contribution in [3.63, 3.8) is 0 Å². The standard InChI is InChI=1S/C22H26FNO4.Na/c1-13(2)22-19(9-8-17(25)11-18(26)12-21(27)28)20(10-14(3)24-22)15-4-6-16(23)7-5-15;/h4-10,13,17-18,25-26H,11-12H2,1-3H3,(H,27,28);/q;+1/p-1/b9-8+;/t17-,18-;/m1./s1. The van der Waals surface area contributed by atoms with Crippen molar-refractivity contribution < 1.29 is 54.1 Å². The van der Waals surface area contributed by atoms with Gasteiger partial charge in [0.2, 0.25) is 0 Å². The Morgan fingerprint density at radius 3 is 2.41 bits per heavy atom. The van der Waals surface area contributed by atoms with E-state index in [9.17, 15) is 24.5 Å². The molecule has 2 aromatic rings. The Balaban J connectivity index is 0.00000420. The van der Waals surface area contributed by atoms with Crippen LogP contribution in [-0.2, 0) is 4.79 Å². The van der Waals surface area contributed by atoms with Crippen LogP contribution in [0.25, 0.3) is 17.2 Å². The van der Waals surface area contributed by atoms with Crippen molar-refractivity contribution >= 4 is 12.0 Å². The van der Waals surface area contributed by atoms with Gasteiger partial charge in [-0.3, -0.25) is 4.98 Å². The smallest absolute Gasteiger partial charge is 0.550 e. The quantitative estimate of drug-likeness (QED) is 0.578. The number of halogens is 1. The summed E-state index contributed by atoms with van der Waals surface area (Å²) in [4.78, 5) is 15.2. The van der Waals surface area contributed by atoms with Gasteiger partial charge in [-0.05, 0) is 42.2 Å². The second-order valence-corrected chi connectivity index (χ2v) is 7.16. The van der Waals surface area contributed by atoms with E-state index < -0.39 is 24.6 Å². The van der Waals surface area contributed by atoms with Gasteiger partial charge in [0.05, 0.1) is 17.9 Å². The van der Waals surface area contributed by atoms with Gasteiger partial charge < -0.3 is 20.1 Å². The van der Waals surface area contributed by atoms with Crippen LogP contribution in [0.3, 0.4) is 0 Å². The van der Waals surface area contributed by atoms with Gasteiger partial charge in [-0.1, -0.05) is 38.1 Å². The summed E-state index contributed by atoms with van der Waals surface area (Å²) in [5, 5.41) is 30.3. The van der Waals surface area contributed by atoms with Crippen molar-refractivity contribution in [3.05, 3.63) is 59.2 Å². The molecule has 0 saturated heterocycles. The monoisotopic (exact) mass is 409 g/mol. The first-order chi connectivity index (χ1) is 13.2. The average Bonchev–Trinajstić information content (AvgIpc) is 2.59. The fourth-order valence-electron chi connectivity index (χ4n) is 3.03. The zero-order valence-corrected chi connectivity index (χ0v) is 19.2. The zero-order valence-electron chi connectivity index (χ0n) is 17.2. The average molecular weight is 409 g/mol. The number of carboxylic acid groups (broad SMARTS) is 1. The maximum absolute atomic E-state index is 13.3. The molecule has 2 atom stereocenters. The van der Waals surface area contributed by atoms with Gasteiger partial charge in [0, 0.05) is 30.1 Å². The molecule has 0 amide bonds. The molecule has 5 nitrogen and oxygen atoms in total. The Kier molecular flexibility index (Phi) is 10.2. The van der Waals surface area contributed by atoms with Gasteiger partial charge in [0.25, 0.3) is 0 Å². The summed E-state index contributed by atoms with van der Waals surface area (Å²) in [7, 11) is 0. The Hall–Kier alpha value is -1.57. The molecule has 7 heteroatoms. The first-order valence-electron chi connectivity index (χ1n) is 9.19. The molecule has 150 valence electrons. The number of benzene rings is 1. The molecular formula is C22H25FNNaO4. The third-order valence-electron chi connectivity index (χ3n) is 4.32. The summed E-state index contributed by atoms with van der Waals surface area (Å²) in [6.07, 6.45) is 0.348. The summed E-state index contributed by atoms with van der Waals surface area (Å²) in [5.41, 5.74) is 4.12. The Morgan fingerprint density at radius 2 is 1.86 bits per heavy atom. The molecule has 0 aliphatic rings. The van der Waals surface area contributed by atoms with Crippen LogP contribution in [0.1, 0.15) is 49.6 Å². The maximum Gasteiger partial charge on any atom is 1.00 e. The Labute approximate surface area is 192 Å². The predicted octanol–water partition coefficient (Wildman–Crippen LogP) is -0.411. The summed E-state index contributed by atoms with van der Waals surface area (Å²) in [5.74, 6) is -1.58. The van der Waals surface area contributed by atoms with E-state index in [1.54, 1.807) is 18.2 Å². The van der Waals surface area contributed by atoms with E-state index in [0.29, 0.717) is 0 Å². The molecule has 1 aromatic heterocycles. The van der Waals surface area contributed by atoms with Crippen LogP contribution in [-0.4, -0.2) is 33.4 Å². The Morgan fingerprint density at radius 1 is 1.24 bits per heavy atom. The summed E-state index contributed by atoms with van der Waals surface area (Å²) in [6, 6.07) is 8.05. The number of aliphatic carboxylic acids is 1. The van der Waals surface area contributed by atoms with Gasteiger partial charge in [-0.25, -0.2) is 4.39 Å². The van der Waals surface area contributed by atoms with E-state index in [1.165, 1.54) is 18.2 Å². The molecule has 0 aliphatic carbocycles. The second kappa shape index (κ2) is 11.6. The van der Waals surface area contributed by atoms with Crippen molar-refractivity contribution in [2.45, 2.75) is 51.7 Å². The summed E-state index contributed by atoms with van der Waals surface area (Å²) < 4.78 is 13.3. The number of hydrogen-bond acceptors (Lipinski definition) is 5. The molecule has 29 heavy (non-hydrogen) atoms. The fourth-order valence-corrected chi connectivity index (χ4v) is 3.03. The topological polar surface area (TPSA) is 93.5 Å². The normalized spacial score (nSPS) is 13.3. The first kappa shape index (κ1) is 25.5. The third kappa shape index (κ3) is 7.64. The van der Waals surface area contributed by atoms with Gasteiger partial charge in [0.1, 0.15) is 5.82 Å². The number of carbonyl (C=O) groups excluding carboxylic acids is 1. The molecule has 0 saturated carbocycles. The molecule has 0 radical (unpaired) electrons. The van der Waals surface area contributed by atoms with Gasteiger partial charge in [-0.15, -0.1) is 0 Å². The number of carbonyl (C=O) groups is 1. The van der Waals surface area contributed by atoms with Crippen LogP contribution in [0.4, 0.5) is 4.39 Å².